The van der Waals surface area contributed by atoms with Gasteiger partial charge < -0.3 is 5.73 Å². The minimum absolute atomic E-state index is 0.127. The second kappa shape index (κ2) is 7.92. The van der Waals surface area contributed by atoms with E-state index in [0.717, 1.165) is 17.8 Å². The average molecular weight is 239 g/mol. The van der Waals surface area contributed by atoms with Crippen LogP contribution < -0.4 is 5.73 Å². The van der Waals surface area contributed by atoms with Gasteiger partial charge in [-0.25, -0.2) is 0 Å². The molecule has 0 bridgehead atoms. The molecule has 0 radical (unpaired) electrons. The monoisotopic (exact) mass is 239 g/mol. The third-order valence-electron chi connectivity index (χ3n) is 4.10. The Bertz CT molecular complexity index is 218. The Morgan fingerprint density at radius 2 is 1.59 bits per heavy atom. The van der Waals surface area contributed by atoms with Gasteiger partial charge in [-0.15, -0.1) is 0 Å². The summed E-state index contributed by atoms with van der Waals surface area (Å²) in [5.74, 6) is 2.95. The first-order valence-electron chi connectivity index (χ1n) is 7.23. The quantitative estimate of drug-likeness (QED) is 0.614. The number of rotatable bonds is 8. The van der Waals surface area contributed by atoms with Crippen molar-refractivity contribution in [3.05, 3.63) is 12.2 Å². The molecule has 0 aromatic rings. The first kappa shape index (κ1) is 16.7. The fraction of sp³-hybridized carbons (Fsp3) is 0.875. The summed E-state index contributed by atoms with van der Waals surface area (Å²) in [6.07, 6.45) is 3.84. The molecule has 4 unspecified atom stereocenters. The van der Waals surface area contributed by atoms with Crippen LogP contribution in [0.2, 0.25) is 0 Å². The smallest absolute Gasteiger partial charge is 0.0224 e. The Morgan fingerprint density at radius 1 is 1.06 bits per heavy atom. The lowest BCUT2D eigenvalue weighted by molar-refractivity contribution is 0.251. The Hall–Kier alpha value is -0.300. The third kappa shape index (κ3) is 6.26. The Balaban J connectivity index is 4.47. The lowest BCUT2D eigenvalue weighted by Crippen LogP contribution is -2.25. The van der Waals surface area contributed by atoms with Crippen molar-refractivity contribution >= 4 is 0 Å². The highest BCUT2D eigenvalue weighted by molar-refractivity contribution is 5.06. The number of hydrogen-bond acceptors (Lipinski definition) is 1. The summed E-state index contributed by atoms with van der Waals surface area (Å²) in [5, 5.41) is 0. The highest BCUT2D eigenvalue weighted by Gasteiger charge is 2.21. The van der Waals surface area contributed by atoms with E-state index < -0.39 is 0 Å². The lowest BCUT2D eigenvalue weighted by atomic mass is 9.77. The summed E-state index contributed by atoms with van der Waals surface area (Å²) in [5.41, 5.74) is 7.13. The molecule has 0 saturated carbocycles. The van der Waals surface area contributed by atoms with E-state index in [4.69, 9.17) is 5.73 Å². The molecule has 2 N–H and O–H groups in total. The van der Waals surface area contributed by atoms with Gasteiger partial charge in [0.05, 0.1) is 0 Å². The van der Waals surface area contributed by atoms with Crippen molar-refractivity contribution < 1.29 is 0 Å². The molecular weight excluding hydrogens is 206 g/mol. The molecule has 102 valence electrons. The molecule has 1 nitrogen and oxygen atoms in total. The summed E-state index contributed by atoms with van der Waals surface area (Å²) in [6, 6.07) is 0.127. The van der Waals surface area contributed by atoms with Crippen LogP contribution in [0.1, 0.15) is 60.8 Å². The van der Waals surface area contributed by atoms with Gasteiger partial charge in [-0.1, -0.05) is 53.2 Å². The Labute approximate surface area is 109 Å². The fourth-order valence-electron chi connectivity index (χ4n) is 2.55. The van der Waals surface area contributed by atoms with E-state index in [-0.39, 0.29) is 6.04 Å². The summed E-state index contributed by atoms with van der Waals surface area (Å²) < 4.78 is 0. The predicted molar refractivity (Wildman–Crippen MR) is 79.0 cm³/mol. The molecule has 4 atom stereocenters. The van der Waals surface area contributed by atoms with Crippen molar-refractivity contribution in [2.24, 2.45) is 29.4 Å². The second-order valence-electron chi connectivity index (χ2n) is 6.28. The van der Waals surface area contributed by atoms with Crippen LogP contribution in [0, 0.1) is 23.7 Å². The predicted octanol–water partition coefficient (Wildman–Crippen LogP) is 4.62. The van der Waals surface area contributed by atoms with E-state index in [0.29, 0.717) is 5.92 Å². The average Bonchev–Trinajstić information content (AvgIpc) is 2.24. The van der Waals surface area contributed by atoms with Gasteiger partial charge in [-0.2, -0.15) is 0 Å². The van der Waals surface area contributed by atoms with Crippen LogP contribution in [0.25, 0.3) is 0 Å². The maximum atomic E-state index is 5.92. The van der Waals surface area contributed by atoms with Gasteiger partial charge in [-0.3, -0.25) is 0 Å². The largest absolute Gasteiger partial charge is 0.324 e. The van der Waals surface area contributed by atoms with Crippen molar-refractivity contribution in [1.82, 2.24) is 0 Å². The van der Waals surface area contributed by atoms with Crippen LogP contribution in [0.3, 0.4) is 0 Å². The lowest BCUT2D eigenvalue weighted by Gasteiger charge is -2.29. The highest BCUT2D eigenvalue weighted by atomic mass is 14.6. The maximum absolute atomic E-state index is 5.92. The van der Waals surface area contributed by atoms with Gasteiger partial charge in [0, 0.05) is 6.04 Å². The molecule has 0 aliphatic rings. The van der Waals surface area contributed by atoms with E-state index in [9.17, 15) is 0 Å². The Kier molecular flexibility index (Phi) is 7.78. The van der Waals surface area contributed by atoms with Crippen LogP contribution in [0.15, 0.2) is 12.2 Å². The molecule has 0 rings (SSSR count). The standard InChI is InChI=1S/C16H33N/c1-8-12(4)16(9-11(2)3)10-13(5)14(6)15(7)17/h11-13,15-16H,6,8-10,17H2,1-5,7H3. The zero-order chi connectivity index (χ0) is 13.6. The Morgan fingerprint density at radius 3 is 1.94 bits per heavy atom. The zero-order valence-electron chi connectivity index (χ0n) is 12.8. The van der Waals surface area contributed by atoms with E-state index in [1.54, 1.807) is 0 Å². The normalized spacial score (nSPS) is 18.8. The summed E-state index contributed by atoms with van der Waals surface area (Å²) >= 11 is 0. The molecule has 0 fully saturated rings. The first-order valence-corrected chi connectivity index (χ1v) is 7.23. The molecule has 0 heterocycles. The van der Waals surface area contributed by atoms with Gasteiger partial charge in [0.1, 0.15) is 0 Å². The summed E-state index contributed by atoms with van der Waals surface area (Å²) in [6.45, 7) is 17.8. The molecule has 0 amide bonds. The molecule has 1 heteroatoms. The van der Waals surface area contributed by atoms with E-state index in [2.05, 4.69) is 41.2 Å². The molecule has 0 aromatic heterocycles. The molecule has 17 heavy (non-hydrogen) atoms. The molecular formula is C16H33N. The second-order valence-corrected chi connectivity index (χ2v) is 6.28. The van der Waals surface area contributed by atoms with Gasteiger partial charge in [-0.05, 0) is 43.4 Å². The van der Waals surface area contributed by atoms with Crippen molar-refractivity contribution in [3.8, 4) is 0 Å². The summed E-state index contributed by atoms with van der Waals surface area (Å²) in [7, 11) is 0. The maximum Gasteiger partial charge on any atom is 0.0224 e. The van der Waals surface area contributed by atoms with Crippen molar-refractivity contribution in [3.63, 3.8) is 0 Å². The van der Waals surface area contributed by atoms with Crippen LogP contribution >= 0.6 is 0 Å². The number of nitrogens with two attached hydrogens (primary N) is 1. The molecule has 0 aromatic carbocycles. The topological polar surface area (TPSA) is 26.0 Å². The fourth-order valence-corrected chi connectivity index (χ4v) is 2.55. The van der Waals surface area contributed by atoms with E-state index in [1.807, 2.05) is 6.92 Å². The summed E-state index contributed by atoms with van der Waals surface area (Å²) in [4.78, 5) is 0. The van der Waals surface area contributed by atoms with Crippen molar-refractivity contribution in [1.29, 1.82) is 0 Å². The molecule has 0 saturated heterocycles. The van der Waals surface area contributed by atoms with Gasteiger partial charge in [0.15, 0.2) is 0 Å². The zero-order valence-corrected chi connectivity index (χ0v) is 12.8. The third-order valence-corrected chi connectivity index (χ3v) is 4.10. The molecule has 0 aliphatic heterocycles. The van der Waals surface area contributed by atoms with Gasteiger partial charge in [0.2, 0.25) is 0 Å². The SMILES string of the molecule is C=C(C(C)N)C(C)CC(CC(C)C)C(C)CC. The van der Waals surface area contributed by atoms with Crippen LogP contribution in [0.5, 0.6) is 0 Å². The van der Waals surface area contributed by atoms with Crippen LogP contribution in [0.4, 0.5) is 0 Å². The van der Waals surface area contributed by atoms with Crippen molar-refractivity contribution in [2.45, 2.75) is 66.8 Å². The first-order chi connectivity index (χ1) is 7.79. The highest BCUT2D eigenvalue weighted by Crippen LogP contribution is 2.31. The minimum Gasteiger partial charge on any atom is -0.324 e. The molecule has 0 spiro atoms. The van der Waals surface area contributed by atoms with Crippen molar-refractivity contribution in [2.75, 3.05) is 0 Å². The number of hydrogen-bond donors (Lipinski definition) is 1. The molecule has 0 aliphatic carbocycles. The van der Waals surface area contributed by atoms with E-state index in [1.165, 1.54) is 24.8 Å². The van der Waals surface area contributed by atoms with Crippen LogP contribution in [-0.2, 0) is 0 Å². The van der Waals surface area contributed by atoms with Gasteiger partial charge in [0.25, 0.3) is 0 Å². The van der Waals surface area contributed by atoms with E-state index >= 15 is 0 Å². The van der Waals surface area contributed by atoms with Gasteiger partial charge >= 0.3 is 0 Å². The minimum atomic E-state index is 0.127. The van der Waals surface area contributed by atoms with Crippen LogP contribution in [-0.4, -0.2) is 6.04 Å².